The lowest BCUT2D eigenvalue weighted by atomic mass is 9.99. The molecule has 1 fully saturated rings. The second kappa shape index (κ2) is 9.46. The van der Waals surface area contributed by atoms with Gasteiger partial charge in [-0.25, -0.2) is 13.2 Å². The highest BCUT2D eigenvalue weighted by molar-refractivity contribution is 7.89. The van der Waals surface area contributed by atoms with E-state index in [0.29, 0.717) is 29.2 Å². The zero-order valence-corrected chi connectivity index (χ0v) is 17.9. The van der Waals surface area contributed by atoms with E-state index in [4.69, 9.17) is 26.9 Å². The molecule has 0 saturated carbocycles. The summed E-state index contributed by atoms with van der Waals surface area (Å²) in [7, 11) is -2.10. The average molecular weight is 452 g/mol. The van der Waals surface area contributed by atoms with E-state index >= 15 is 0 Å². The first kappa shape index (κ1) is 22.1. The van der Waals surface area contributed by atoms with Gasteiger partial charge in [0.15, 0.2) is 5.84 Å². The van der Waals surface area contributed by atoms with Crippen LogP contribution in [-0.4, -0.2) is 44.7 Å². The fraction of sp³-hybridized carbons (Fsp3) is 0.300. The minimum Gasteiger partial charge on any atom is -0.496 e. The molecule has 0 bridgehead atoms. The minimum absolute atomic E-state index is 0.0493. The Balaban J connectivity index is 1.61. The number of benzene rings is 2. The molecule has 0 radical (unpaired) electrons. The lowest BCUT2D eigenvalue weighted by Crippen LogP contribution is -2.40. The van der Waals surface area contributed by atoms with Crippen LogP contribution in [0.3, 0.4) is 0 Å². The Hall–Kier alpha value is -2.62. The average Bonchev–Trinajstić information content (AvgIpc) is 2.77. The Morgan fingerprint density at radius 2 is 1.83 bits per heavy atom. The van der Waals surface area contributed by atoms with Crippen LogP contribution in [0.1, 0.15) is 18.4 Å². The molecule has 0 unspecified atom stereocenters. The predicted octanol–water partition coefficient (Wildman–Crippen LogP) is 2.61. The Morgan fingerprint density at radius 3 is 2.47 bits per heavy atom. The predicted molar refractivity (Wildman–Crippen MR) is 113 cm³/mol. The standard InChI is InChI=1S/C20H22ClN3O5S/c1-28-18-8-7-15(21)13-17(18)19(22)23-29-20(25)14-9-11-24(12-10-14)30(26,27)16-5-3-2-4-6-16/h2-8,13-14H,9-12H2,1H3,(H2,22,23). The number of ether oxygens (including phenoxy) is 1. The summed E-state index contributed by atoms with van der Waals surface area (Å²) in [6.45, 7) is 0.441. The Labute approximate surface area is 180 Å². The summed E-state index contributed by atoms with van der Waals surface area (Å²) in [4.78, 5) is 17.6. The second-order valence-electron chi connectivity index (χ2n) is 6.72. The third-order valence-corrected chi connectivity index (χ3v) is 6.99. The smallest absolute Gasteiger partial charge is 0.338 e. The number of carbonyl (C=O) groups excluding carboxylic acids is 1. The molecule has 1 aliphatic rings. The van der Waals surface area contributed by atoms with Gasteiger partial charge in [-0.1, -0.05) is 35.0 Å². The molecule has 1 aliphatic heterocycles. The van der Waals surface area contributed by atoms with Crippen LogP contribution in [0.2, 0.25) is 5.02 Å². The van der Waals surface area contributed by atoms with Crippen LogP contribution in [0.15, 0.2) is 58.6 Å². The normalized spacial score (nSPS) is 16.3. The van der Waals surface area contributed by atoms with Crippen molar-refractivity contribution in [3.63, 3.8) is 0 Å². The fourth-order valence-corrected chi connectivity index (χ4v) is 4.83. The highest BCUT2D eigenvalue weighted by Crippen LogP contribution is 2.25. The highest BCUT2D eigenvalue weighted by atomic mass is 35.5. The van der Waals surface area contributed by atoms with E-state index < -0.39 is 21.9 Å². The number of rotatable bonds is 6. The number of halogens is 1. The Morgan fingerprint density at radius 1 is 1.17 bits per heavy atom. The molecule has 0 aliphatic carbocycles. The van der Waals surface area contributed by atoms with Gasteiger partial charge in [-0.05, 0) is 43.2 Å². The number of carbonyl (C=O) groups is 1. The van der Waals surface area contributed by atoms with Crippen LogP contribution >= 0.6 is 11.6 Å². The first-order valence-electron chi connectivity index (χ1n) is 9.26. The van der Waals surface area contributed by atoms with Gasteiger partial charge in [0.2, 0.25) is 10.0 Å². The van der Waals surface area contributed by atoms with E-state index in [1.54, 1.807) is 48.5 Å². The lowest BCUT2D eigenvalue weighted by molar-refractivity contribution is -0.149. The van der Waals surface area contributed by atoms with Crippen molar-refractivity contribution in [2.45, 2.75) is 17.7 Å². The minimum atomic E-state index is -3.58. The molecular formula is C20H22ClN3O5S. The van der Waals surface area contributed by atoms with Crippen LogP contribution in [0.25, 0.3) is 0 Å². The number of sulfonamides is 1. The first-order valence-corrected chi connectivity index (χ1v) is 11.1. The molecule has 0 spiro atoms. The molecule has 10 heteroatoms. The van der Waals surface area contributed by atoms with E-state index in [1.807, 2.05) is 0 Å². The molecule has 0 atom stereocenters. The van der Waals surface area contributed by atoms with Gasteiger partial charge >= 0.3 is 5.97 Å². The third kappa shape index (κ3) is 4.92. The summed E-state index contributed by atoms with van der Waals surface area (Å²) in [5.41, 5.74) is 6.31. The van der Waals surface area contributed by atoms with Gasteiger partial charge in [-0.3, -0.25) is 0 Å². The van der Waals surface area contributed by atoms with Crippen molar-refractivity contribution in [3.8, 4) is 5.75 Å². The quantitative estimate of drug-likeness (QED) is 0.313. The van der Waals surface area contributed by atoms with Crippen LogP contribution in [-0.2, 0) is 19.7 Å². The maximum absolute atomic E-state index is 12.7. The summed E-state index contributed by atoms with van der Waals surface area (Å²) in [6.07, 6.45) is 0.668. The molecule has 3 rings (SSSR count). The van der Waals surface area contributed by atoms with Gasteiger partial charge in [0, 0.05) is 18.1 Å². The number of hydrogen-bond donors (Lipinski definition) is 1. The molecular weight excluding hydrogens is 430 g/mol. The number of hydrogen-bond acceptors (Lipinski definition) is 6. The van der Waals surface area contributed by atoms with Crippen molar-refractivity contribution < 1.29 is 22.8 Å². The summed E-state index contributed by atoms with van der Waals surface area (Å²) in [5, 5.41) is 4.14. The maximum atomic E-state index is 12.7. The molecule has 0 aromatic heterocycles. The van der Waals surface area contributed by atoms with Gasteiger partial charge in [0.1, 0.15) is 5.75 Å². The van der Waals surface area contributed by atoms with E-state index in [-0.39, 0.29) is 23.8 Å². The number of nitrogens with zero attached hydrogens (tertiary/aromatic N) is 2. The Kier molecular flexibility index (Phi) is 6.96. The van der Waals surface area contributed by atoms with E-state index in [0.717, 1.165) is 0 Å². The molecule has 30 heavy (non-hydrogen) atoms. The Bertz CT molecular complexity index is 1040. The molecule has 2 aromatic carbocycles. The van der Waals surface area contributed by atoms with Crippen molar-refractivity contribution in [2.24, 2.45) is 16.8 Å². The zero-order valence-electron chi connectivity index (χ0n) is 16.3. The van der Waals surface area contributed by atoms with Crippen molar-refractivity contribution in [2.75, 3.05) is 20.2 Å². The molecule has 1 heterocycles. The first-order chi connectivity index (χ1) is 14.3. The summed E-state index contributed by atoms with van der Waals surface area (Å²) in [5.74, 6) is -0.636. The van der Waals surface area contributed by atoms with E-state index in [2.05, 4.69) is 5.16 Å². The van der Waals surface area contributed by atoms with Gasteiger partial charge in [0.05, 0.1) is 23.5 Å². The maximum Gasteiger partial charge on any atom is 0.338 e. The summed E-state index contributed by atoms with van der Waals surface area (Å²) in [6, 6.07) is 13.0. The van der Waals surface area contributed by atoms with Crippen molar-refractivity contribution in [1.82, 2.24) is 4.31 Å². The molecule has 1 saturated heterocycles. The number of oxime groups is 1. The van der Waals surface area contributed by atoms with Crippen LogP contribution < -0.4 is 10.5 Å². The largest absolute Gasteiger partial charge is 0.496 e. The van der Waals surface area contributed by atoms with Gasteiger partial charge in [0.25, 0.3) is 0 Å². The number of methoxy groups -OCH3 is 1. The SMILES string of the molecule is COc1ccc(Cl)cc1/C(N)=N/OC(=O)C1CCN(S(=O)(=O)c2ccccc2)CC1. The molecule has 8 nitrogen and oxygen atoms in total. The second-order valence-corrected chi connectivity index (χ2v) is 9.10. The topological polar surface area (TPSA) is 111 Å². The van der Waals surface area contributed by atoms with Crippen molar-refractivity contribution in [3.05, 3.63) is 59.1 Å². The van der Waals surface area contributed by atoms with E-state index in [9.17, 15) is 13.2 Å². The molecule has 0 amide bonds. The van der Waals surface area contributed by atoms with Crippen molar-refractivity contribution >= 4 is 33.4 Å². The van der Waals surface area contributed by atoms with Gasteiger partial charge in [-0.15, -0.1) is 0 Å². The zero-order chi connectivity index (χ0) is 21.7. The fourth-order valence-electron chi connectivity index (χ4n) is 3.17. The van der Waals surface area contributed by atoms with Gasteiger partial charge < -0.3 is 15.3 Å². The molecule has 2 aromatic rings. The number of amidine groups is 1. The monoisotopic (exact) mass is 451 g/mol. The van der Waals surface area contributed by atoms with Crippen LogP contribution in [0.5, 0.6) is 5.75 Å². The van der Waals surface area contributed by atoms with Gasteiger partial charge in [-0.2, -0.15) is 4.31 Å². The summed E-state index contributed by atoms with van der Waals surface area (Å²) >= 11 is 5.97. The molecule has 2 N–H and O–H groups in total. The number of piperidine rings is 1. The lowest BCUT2D eigenvalue weighted by Gasteiger charge is -2.29. The number of nitrogens with two attached hydrogens (primary N) is 1. The van der Waals surface area contributed by atoms with Crippen LogP contribution in [0, 0.1) is 5.92 Å². The highest BCUT2D eigenvalue weighted by Gasteiger charge is 2.33. The molecule has 160 valence electrons. The van der Waals surface area contributed by atoms with Crippen LogP contribution in [0.4, 0.5) is 0 Å². The van der Waals surface area contributed by atoms with E-state index in [1.165, 1.54) is 11.4 Å². The van der Waals surface area contributed by atoms with Crippen molar-refractivity contribution in [1.29, 1.82) is 0 Å². The third-order valence-electron chi connectivity index (χ3n) is 4.84. The summed E-state index contributed by atoms with van der Waals surface area (Å²) < 4.78 is 31.9.